The van der Waals surface area contributed by atoms with Gasteiger partial charge in [0.25, 0.3) is 5.91 Å². The Morgan fingerprint density at radius 2 is 1.97 bits per heavy atom. The maximum absolute atomic E-state index is 12.3. The number of piperidine rings is 1. The van der Waals surface area contributed by atoms with Crippen LogP contribution in [0.3, 0.4) is 0 Å². The van der Waals surface area contributed by atoms with Crippen LogP contribution in [0.5, 0.6) is 5.88 Å². The van der Waals surface area contributed by atoms with Gasteiger partial charge >= 0.3 is 0 Å². The van der Waals surface area contributed by atoms with E-state index in [0.29, 0.717) is 26.7 Å². The van der Waals surface area contributed by atoms with Gasteiger partial charge in [0.1, 0.15) is 5.56 Å². The Morgan fingerprint density at radius 1 is 1.24 bits per heavy atom. The molecule has 7 nitrogen and oxygen atoms in total. The minimum atomic E-state index is -0.705. The molecule has 1 aliphatic heterocycles. The van der Waals surface area contributed by atoms with Gasteiger partial charge in [-0.05, 0) is 81.2 Å². The lowest BCUT2D eigenvalue weighted by atomic mass is 9.87. The van der Waals surface area contributed by atoms with Gasteiger partial charge in [-0.2, -0.15) is 4.98 Å². The number of ether oxygens (including phenoxy) is 1. The molecule has 1 aliphatic rings. The summed E-state index contributed by atoms with van der Waals surface area (Å²) in [5.41, 5.74) is 9.99. The second-order valence-electron chi connectivity index (χ2n) is 8.51. The number of nitrogens with zero attached hydrogens (tertiary/aromatic N) is 3. The van der Waals surface area contributed by atoms with Gasteiger partial charge in [0.15, 0.2) is 0 Å². The molecule has 0 saturated carbocycles. The first kappa shape index (κ1) is 24.4. The van der Waals surface area contributed by atoms with Crippen LogP contribution >= 0.6 is 27.5 Å². The van der Waals surface area contributed by atoms with Gasteiger partial charge in [-0.15, -0.1) is 0 Å². The lowest BCUT2D eigenvalue weighted by Gasteiger charge is -2.30. The predicted octanol–water partition coefficient (Wildman–Crippen LogP) is 5.53. The third-order valence-corrected chi connectivity index (χ3v) is 7.18. The van der Waals surface area contributed by atoms with Crippen LogP contribution in [0.4, 0.5) is 11.6 Å². The summed E-state index contributed by atoms with van der Waals surface area (Å²) in [6.07, 6.45) is 2.32. The highest BCUT2D eigenvalue weighted by molar-refractivity contribution is 9.10. The quantitative estimate of drug-likeness (QED) is 0.424. The molecule has 34 heavy (non-hydrogen) atoms. The first-order chi connectivity index (χ1) is 16.3. The molecule has 0 atom stereocenters. The summed E-state index contributed by atoms with van der Waals surface area (Å²) in [5, 5.41) is 3.67. The van der Waals surface area contributed by atoms with E-state index in [4.69, 9.17) is 22.1 Å². The number of likely N-dealkylation sites (tertiary alicyclic amines) is 1. The molecule has 0 aliphatic carbocycles. The number of anilines is 2. The van der Waals surface area contributed by atoms with E-state index in [1.807, 2.05) is 12.1 Å². The zero-order valence-corrected chi connectivity index (χ0v) is 21.7. The Labute approximate surface area is 212 Å². The number of nitrogens with two attached hydrogens (primary N) is 1. The molecule has 1 fully saturated rings. The smallest absolute Gasteiger partial charge is 0.256 e. The SMILES string of the molecule is COc1nc(Nc2ccc(C3CCN(C)CC3)c(C)c2)nc(-c2c(Cl)cccc2Br)c1C(N)=O. The molecule has 9 heteroatoms. The zero-order chi connectivity index (χ0) is 24.4. The second kappa shape index (κ2) is 10.3. The number of carbonyl (C=O) groups excluding carboxylic acids is 1. The zero-order valence-electron chi connectivity index (χ0n) is 19.4. The molecular weight excluding hydrogens is 518 g/mol. The number of amides is 1. The second-order valence-corrected chi connectivity index (χ2v) is 9.78. The van der Waals surface area contributed by atoms with Crippen molar-refractivity contribution in [3.63, 3.8) is 0 Å². The molecule has 1 aromatic heterocycles. The molecule has 0 unspecified atom stereocenters. The van der Waals surface area contributed by atoms with Crippen molar-refractivity contribution < 1.29 is 9.53 Å². The molecule has 178 valence electrons. The van der Waals surface area contributed by atoms with Gasteiger partial charge in [0.05, 0.1) is 17.8 Å². The first-order valence-electron chi connectivity index (χ1n) is 11.0. The van der Waals surface area contributed by atoms with E-state index in [-0.39, 0.29) is 17.4 Å². The summed E-state index contributed by atoms with van der Waals surface area (Å²) in [5.74, 6) is 0.214. The molecule has 1 saturated heterocycles. The summed E-state index contributed by atoms with van der Waals surface area (Å²) >= 11 is 9.97. The molecule has 0 spiro atoms. The number of nitrogens with one attached hydrogen (secondary N) is 1. The number of methoxy groups -OCH3 is 1. The van der Waals surface area contributed by atoms with Crippen LogP contribution in [0.2, 0.25) is 5.02 Å². The summed E-state index contributed by atoms with van der Waals surface area (Å²) in [7, 11) is 3.60. The van der Waals surface area contributed by atoms with Crippen molar-refractivity contribution in [2.24, 2.45) is 5.73 Å². The molecule has 2 heterocycles. The maximum atomic E-state index is 12.3. The van der Waals surface area contributed by atoms with Crippen molar-refractivity contribution in [2.45, 2.75) is 25.7 Å². The minimum Gasteiger partial charge on any atom is -0.480 e. The van der Waals surface area contributed by atoms with Crippen molar-refractivity contribution >= 4 is 45.1 Å². The lowest BCUT2D eigenvalue weighted by Crippen LogP contribution is -2.29. The normalized spacial score (nSPS) is 14.7. The van der Waals surface area contributed by atoms with Crippen LogP contribution in [0.15, 0.2) is 40.9 Å². The van der Waals surface area contributed by atoms with E-state index in [9.17, 15) is 4.79 Å². The Kier molecular flexibility index (Phi) is 7.40. The Hall–Kier alpha value is -2.68. The van der Waals surface area contributed by atoms with Crippen LogP contribution in [-0.4, -0.2) is 48.0 Å². The molecular formula is C25H27BrClN5O2. The Morgan fingerprint density at radius 3 is 2.59 bits per heavy atom. The van der Waals surface area contributed by atoms with E-state index < -0.39 is 5.91 Å². The van der Waals surface area contributed by atoms with Crippen molar-refractivity contribution in [2.75, 3.05) is 32.6 Å². The molecule has 0 radical (unpaired) electrons. The van der Waals surface area contributed by atoms with Crippen LogP contribution in [0.25, 0.3) is 11.3 Å². The summed E-state index contributed by atoms with van der Waals surface area (Å²) in [6.45, 7) is 4.36. The summed E-state index contributed by atoms with van der Waals surface area (Å²) < 4.78 is 6.08. The van der Waals surface area contributed by atoms with E-state index >= 15 is 0 Å². The van der Waals surface area contributed by atoms with Gasteiger partial charge in [-0.25, -0.2) is 4.98 Å². The van der Waals surface area contributed by atoms with Crippen molar-refractivity contribution in [1.82, 2.24) is 14.9 Å². The first-order valence-corrected chi connectivity index (χ1v) is 12.2. The highest BCUT2D eigenvalue weighted by Crippen LogP contribution is 2.39. The largest absolute Gasteiger partial charge is 0.480 e. The predicted molar refractivity (Wildman–Crippen MR) is 139 cm³/mol. The number of carbonyl (C=O) groups is 1. The van der Waals surface area contributed by atoms with Gasteiger partial charge in [-0.3, -0.25) is 4.79 Å². The average Bonchev–Trinajstić information content (AvgIpc) is 2.79. The molecule has 1 amide bonds. The summed E-state index contributed by atoms with van der Waals surface area (Å²) in [4.78, 5) is 23.7. The third kappa shape index (κ3) is 5.04. The molecule has 2 aromatic carbocycles. The van der Waals surface area contributed by atoms with Crippen LogP contribution in [0, 0.1) is 6.92 Å². The van der Waals surface area contributed by atoms with Crippen LogP contribution in [-0.2, 0) is 0 Å². The molecule has 0 bridgehead atoms. The number of benzene rings is 2. The van der Waals surface area contributed by atoms with E-state index in [2.05, 4.69) is 62.2 Å². The fourth-order valence-electron chi connectivity index (χ4n) is 4.43. The number of hydrogen-bond donors (Lipinski definition) is 2. The third-order valence-electron chi connectivity index (χ3n) is 6.20. The van der Waals surface area contributed by atoms with E-state index in [1.165, 1.54) is 18.2 Å². The number of hydrogen-bond acceptors (Lipinski definition) is 6. The van der Waals surface area contributed by atoms with Gasteiger partial charge in [-0.1, -0.05) is 39.7 Å². The fourth-order valence-corrected chi connectivity index (χ4v) is 5.36. The summed E-state index contributed by atoms with van der Waals surface area (Å²) in [6, 6.07) is 11.6. The average molecular weight is 545 g/mol. The highest BCUT2D eigenvalue weighted by atomic mass is 79.9. The Bertz CT molecular complexity index is 1210. The van der Waals surface area contributed by atoms with Crippen molar-refractivity contribution in [1.29, 1.82) is 0 Å². The molecule has 3 N–H and O–H groups in total. The molecule has 3 aromatic rings. The Balaban J connectivity index is 1.71. The van der Waals surface area contributed by atoms with Gasteiger partial charge in [0.2, 0.25) is 11.8 Å². The number of halogens is 2. The van der Waals surface area contributed by atoms with Gasteiger partial charge in [0, 0.05) is 15.7 Å². The van der Waals surface area contributed by atoms with Crippen LogP contribution in [0.1, 0.15) is 40.2 Å². The number of primary amides is 1. The minimum absolute atomic E-state index is 0.0654. The monoisotopic (exact) mass is 543 g/mol. The van der Waals surface area contributed by atoms with E-state index in [1.54, 1.807) is 12.1 Å². The lowest BCUT2D eigenvalue weighted by molar-refractivity contribution is 0.0997. The maximum Gasteiger partial charge on any atom is 0.256 e. The number of aryl methyl sites for hydroxylation is 1. The molecule has 4 rings (SSSR count). The van der Waals surface area contributed by atoms with Crippen molar-refractivity contribution in [3.05, 3.63) is 62.6 Å². The van der Waals surface area contributed by atoms with Crippen molar-refractivity contribution in [3.8, 4) is 17.1 Å². The standard InChI is InChI=1S/C25H27BrClN5O2/c1-14-13-16(7-8-17(14)15-9-11-32(2)12-10-15)29-25-30-22(20-18(26)5-4-6-19(20)27)21(23(28)33)24(31-25)34-3/h4-8,13,15H,9-12H2,1-3H3,(H2,28,33)(H,29,30,31). The van der Waals surface area contributed by atoms with E-state index in [0.717, 1.165) is 31.6 Å². The van der Waals surface area contributed by atoms with Gasteiger partial charge < -0.3 is 20.7 Å². The fraction of sp³-hybridized carbons (Fsp3) is 0.320. The highest BCUT2D eigenvalue weighted by Gasteiger charge is 2.25. The number of aromatic nitrogens is 2. The topological polar surface area (TPSA) is 93.4 Å². The van der Waals surface area contributed by atoms with Crippen LogP contribution < -0.4 is 15.8 Å². The number of rotatable bonds is 6.